The zero-order valence-electron chi connectivity index (χ0n) is 9.22. The average molecular weight is 261 g/mol. The van der Waals surface area contributed by atoms with Crippen molar-refractivity contribution in [3.63, 3.8) is 0 Å². The number of nitrogen functional groups attached to an aromatic ring is 1. The number of hydrogen-bond acceptors (Lipinski definition) is 6. The molecule has 0 aliphatic rings. The highest BCUT2D eigenvalue weighted by molar-refractivity contribution is 5.96. The van der Waals surface area contributed by atoms with E-state index in [0.29, 0.717) is 6.20 Å². The molecule has 98 valence electrons. The van der Waals surface area contributed by atoms with Crippen molar-refractivity contribution >= 4 is 17.5 Å². The van der Waals surface area contributed by atoms with Crippen LogP contribution in [0.2, 0.25) is 0 Å². The van der Waals surface area contributed by atoms with Gasteiger partial charge in [-0.25, -0.2) is 18.6 Å². The van der Waals surface area contributed by atoms with E-state index in [1.54, 1.807) is 0 Å². The van der Waals surface area contributed by atoms with Gasteiger partial charge in [0, 0.05) is 0 Å². The highest BCUT2D eigenvalue weighted by Crippen LogP contribution is 2.33. The molecule has 9 heteroatoms. The van der Waals surface area contributed by atoms with Crippen molar-refractivity contribution in [2.45, 2.75) is 13.3 Å². The fourth-order valence-corrected chi connectivity index (χ4v) is 1.31. The minimum Gasteiger partial charge on any atom is -0.462 e. The maximum atomic E-state index is 12.8. The lowest BCUT2D eigenvalue weighted by atomic mass is 10.1. The summed E-state index contributed by atoms with van der Waals surface area (Å²) in [5, 5.41) is 10.7. The Kier molecular flexibility index (Phi) is 4.08. The third-order valence-corrected chi connectivity index (χ3v) is 2.02. The van der Waals surface area contributed by atoms with Crippen LogP contribution in [0.3, 0.4) is 0 Å². The second-order valence-electron chi connectivity index (χ2n) is 3.10. The molecule has 0 radical (unpaired) electrons. The summed E-state index contributed by atoms with van der Waals surface area (Å²) in [6.45, 7) is 1.33. The zero-order valence-corrected chi connectivity index (χ0v) is 9.22. The molecule has 1 aromatic heterocycles. The normalized spacial score (nSPS) is 10.4. The first-order valence-electron chi connectivity index (χ1n) is 4.78. The smallest absolute Gasteiger partial charge is 0.345 e. The van der Waals surface area contributed by atoms with Crippen LogP contribution >= 0.6 is 0 Å². The lowest BCUT2D eigenvalue weighted by Crippen LogP contribution is -2.14. The van der Waals surface area contributed by atoms with E-state index in [4.69, 9.17) is 5.73 Å². The first kappa shape index (κ1) is 13.7. The Morgan fingerprint density at radius 3 is 2.72 bits per heavy atom. The van der Waals surface area contributed by atoms with Crippen LogP contribution in [0.4, 0.5) is 20.3 Å². The molecule has 0 atom stereocenters. The standard InChI is InChI=1S/C9H9F2N3O4/c1-2-18-9(15)5-4(14(16)17)3-13-8(12)6(5)7(10)11/h3,7H,2H2,1H3,(H2,12,13). The molecule has 0 aliphatic carbocycles. The maximum Gasteiger partial charge on any atom is 0.345 e. The third kappa shape index (κ3) is 2.50. The molecule has 0 unspecified atom stereocenters. The van der Waals surface area contributed by atoms with E-state index < -0.39 is 40.0 Å². The largest absolute Gasteiger partial charge is 0.462 e. The fraction of sp³-hybridized carbons (Fsp3) is 0.333. The molecule has 2 N–H and O–H groups in total. The van der Waals surface area contributed by atoms with Gasteiger partial charge in [0.1, 0.15) is 12.0 Å². The number of halogens is 2. The number of ether oxygens (including phenoxy) is 1. The number of carbonyl (C=O) groups is 1. The van der Waals surface area contributed by atoms with Crippen LogP contribution in [0.1, 0.15) is 29.3 Å². The summed E-state index contributed by atoms with van der Waals surface area (Å²) in [7, 11) is 0. The first-order chi connectivity index (χ1) is 8.40. The maximum absolute atomic E-state index is 12.8. The van der Waals surface area contributed by atoms with Crippen molar-refractivity contribution in [3.8, 4) is 0 Å². The highest BCUT2D eigenvalue weighted by Gasteiger charge is 2.32. The van der Waals surface area contributed by atoms with Crippen molar-refractivity contribution in [1.29, 1.82) is 0 Å². The lowest BCUT2D eigenvalue weighted by molar-refractivity contribution is -0.385. The number of nitrogens with two attached hydrogens (primary N) is 1. The Morgan fingerprint density at radius 2 is 2.28 bits per heavy atom. The fourth-order valence-electron chi connectivity index (χ4n) is 1.31. The number of hydrogen-bond donors (Lipinski definition) is 1. The summed E-state index contributed by atoms with van der Waals surface area (Å²) in [4.78, 5) is 24.5. The van der Waals surface area contributed by atoms with Crippen molar-refractivity contribution < 1.29 is 23.2 Å². The number of rotatable bonds is 4. The molecule has 1 aromatic rings. The number of anilines is 1. The van der Waals surface area contributed by atoms with Crippen LogP contribution in [0.15, 0.2) is 6.20 Å². The molecular formula is C9H9F2N3O4. The van der Waals surface area contributed by atoms with Gasteiger partial charge in [-0.05, 0) is 6.92 Å². The van der Waals surface area contributed by atoms with E-state index in [1.165, 1.54) is 6.92 Å². The molecule has 0 aliphatic heterocycles. The van der Waals surface area contributed by atoms with Crippen LogP contribution in [0.5, 0.6) is 0 Å². The van der Waals surface area contributed by atoms with Crippen LogP contribution in [0.25, 0.3) is 0 Å². The van der Waals surface area contributed by atoms with E-state index in [1.807, 2.05) is 0 Å². The monoisotopic (exact) mass is 261 g/mol. The summed E-state index contributed by atoms with van der Waals surface area (Å²) in [6.07, 6.45) is -2.52. The minimum absolute atomic E-state index is 0.110. The molecule has 1 heterocycles. The Bertz CT molecular complexity index is 493. The van der Waals surface area contributed by atoms with Gasteiger partial charge in [-0.3, -0.25) is 10.1 Å². The predicted molar refractivity (Wildman–Crippen MR) is 56.2 cm³/mol. The number of aromatic nitrogens is 1. The summed E-state index contributed by atoms with van der Waals surface area (Å²) < 4.78 is 30.1. The number of esters is 1. The molecule has 7 nitrogen and oxygen atoms in total. The molecule has 0 saturated carbocycles. The Morgan fingerprint density at radius 1 is 1.67 bits per heavy atom. The van der Waals surface area contributed by atoms with E-state index in [9.17, 15) is 23.7 Å². The second-order valence-corrected chi connectivity index (χ2v) is 3.10. The van der Waals surface area contributed by atoms with Crippen LogP contribution in [-0.2, 0) is 4.74 Å². The summed E-state index contributed by atoms with van der Waals surface area (Å²) in [5.41, 5.74) is 2.50. The topological polar surface area (TPSA) is 108 Å². The zero-order chi connectivity index (χ0) is 13.9. The van der Waals surface area contributed by atoms with Crippen molar-refractivity contribution in [3.05, 3.63) is 27.4 Å². The van der Waals surface area contributed by atoms with E-state index in [0.717, 1.165) is 0 Å². The molecule has 0 spiro atoms. The number of alkyl halides is 2. The second kappa shape index (κ2) is 5.34. The molecular weight excluding hydrogens is 252 g/mol. The van der Waals surface area contributed by atoms with Crippen LogP contribution < -0.4 is 5.73 Å². The Balaban J connectivity index is 3.53. The predicted octanol–water partition coefficient (Wildman–Crippen LogP) is 1.69. The van der Waals surface area contributed by atoms with Gasteiger partial charge in [-0.2, -0.15) is 0 Å². The summed E-state index contributed by atoms with van der Waals surface area (Å²) in [5.74, 6) is -1.87. The van der Waals surface area contributed by atoms with Gasteiger partial charge in [-0.15, -0.1) is 0 Å². The number of nitro groups is 1. The van der Waals surface area contributed by atoms with E-state index in [2.05, 4.69) is 9.72 Å². The van der Waals surface area contributed by atoms with Gasteiger partial charge in [0.05, 0.1) is 17.1 Å². The quantitative estimate of drug-likeness (QED) is 0.501. The first-order valence-corrected chi connectivity index (χ1v) is 4.78. The average Bonchev–Trinajstić information content (AvgIpc) is 2.27. The van der Waals surface area contributed by atoms with Crippen LogP contribution in [-0.4, -0.2) is 22.5 Å². The highest BCUT2D eigenvalue weighted by atomic mass is 19.3. The van der Waals surface area contributed by atoms with Gasteiger partial charge >= 0.3 is 11.7 Å². The molecule has 0 amide bonds. The van der Waals surface area contributed by atoms with Crippen molar-refractivity contribution in [2.24, 2.45) is 0 Å². The molecule has 0 fully saturated rings. The Labute approximate surface area is 99.7 Å². The van der Waals surface area contributed by atoms with Gasteiger partial charge in [0.15, 0.2) is 5.56 Å². The van der Waals surface area contributed by atoms with Gasteiger partial charge < -0.3 is 10.5 Å². The number of carbonyl (C=O) groups excluding carboxylic acids is 1. The van der Waals surface area contributed by atoms with Gasteiger partial charge in [-0.1, -0.05) is 0 Å². The molecule has 18 heavy (non-hydrogen) atoms. The molecule has 0 aromatic carbocycles. The summed E-state index contributed by atoms with van der Waals surface area (Å²) in [6, 6.07) is 0. The minimum atomic E-state index is -3.17. The number of nitrogens with zero attached hydrogens (tertiary/aromatic N) is 2. The lowest BCUT2D eigenvalue weighted by Gasteiger charge is -2.10. The van der Waals surface area contributed by atoms with Crippen molar-refractivity contribution in [2.75, 3.05) is 12.3 Å². The van der Waals surface area contributed by atoms with Gasteiger partial charge in [0.2, 0.25) is 0 Å². The summed E-state index contributed by atoms with van der Waals surface area (Å²) >= 11 is 0. The van der Waals surface area contributed by atoms with Crippen LogP contribution in [0, 0.1) is 10.1 Å². The van der Waals surface area contributed by atoms with E-state index in [-0.39, 0.29) is 6.61 Å². The van der Waals surface area contributed by atoms with Crippen molar-refractivity contribution in [1.82, 2.24) is 4.98 Å². The third-order valence-electron chi connectivity index (χ3n) is 2.02. The van der Waals surface area contributed by atoms with Gasteiger partial charge in [0.25, 0.3) is 6.43 Å². The molecule has 0 saturated heterocycles. The Hall–Kier alpha value is -2.32. The van der Waals surface area contributed by atoms with E-state index >= 15 is 0 Å². The molecule has 1 rings (SSSR count). The number of pyridine rings is 1. The molecule has 0 bridgehead atoms. The SMILES string of the molecule is CCOC(=O)c1c([N+](=O)[O-])cnc(N)c1C(F)F.